The lowest BCUT2D eigenvalue weighted by molar-refractivity contribution is -0.215. The van der Waals surface area contributed by atoms with Crippen molar-refractivity contribution in [3.8, 4) is 0 Å². The van der Waals surface area contributed by atoms with Crippen molar-refractivity contribution in [2.45, 2.75) is 45.6 Å². The summed E-state index contributed by atoms with van der Waals surface area (Å²) in [5.41, 5.74) is -1.21. The van der Waals surface area contributed by atoms with Crippen LogP contribution in [0, 0.1) is 6.92 Å². The van der Waals surface area contributed by atoms with Crippen molar-refractivity contribution in [2.75, 3.05) is 12.4 Å². The number of halogens is 3. The number of thiazole rings is 1. The molecule has 6 nitrogen and oxygen atoms in total. The summed E-state index contributed by atoms with van der Waals surface area (Å²) < 4.78 is 50.0. The molecule has 1 atom stereocenters. The number of hydrogen-bond acceptors (Lipinski definition) is 6. The third-order valence-corrected chi connectivity index (χ3v) is 3.88. The second kappa shape index (κ2) is 6.75. The van der Waals surface area contributed by atoms with Crippen LogP contribution in [0.1, 0.15) is 37.4 Å². The lowest BCUT2D eigenvalue weighted by Gasteiger charge is -2.23. The molecule has 2 heterocycles. The Morgan fingerprint density at radius 3 is 2.48 bits per heavy atom. The molecule has 0 radical (unpaired) electrons. The van der Waals surface area contributed by atoms with Crippen molar-refractivity contribution in [2.24, 2.45) is 0 Å². The Hall–Kier alpha value is -1.94. The van der Waals surface area contributed by atoms with Crippen molar-refractivity contribution < 1.29 is 27.4 Å². The number of aromatic nitrogens is 2. The van der Waals surface area contributed by atoms with Crippen LogP contribution in [0.25, 0.3) is 10.3 Å². The van der Waals surface area contributed by atoms with Crippen LogP contribution in [-0.2, 0) is 9.47 Å². The fraction of sp³-hybridized carbons (Fsp3) is 0.533. The monoisotopic (exact) mass is 377 g/mol. The van der Waals surface area contributed by atoms with E-state index in [1.807, 2.05) is 0 Å². The van der Waals surface area contributed by atoms with Crippen LogP contribution in [0.4, 0.5) is 23.7 Å². The Morgan fingerprint density at radius 1 is 1.32 bits per heavy atom. The van der Waals surface area contributed by atoms with Crippen molar-refractivity contribution in [1.82, 2.24) is 9.97 Å². The second-order valence-corrected chi connectivity index (χ2v) is 7.44. The van der Waals surface area contributed by atoms with E-state index < -0.39 is 24.0 Å². The summed E-state index contributed by atoms with van der Waals surface area (Å²) in [5.74, 6) is 0. The summed E-state index contributed by atoms with van der Waals surface area (Å²) >= 11 is 1.15. The van der Waals surface area contributed by atoms with Crippen LogP contribution in [0.2, 0.25) is 0 Å². The maximum atomic E-state index is 13.4. The molecule has 0 spiro atoms. The number of amides is 1. The summed E-state index contributed by atoms with van der Waals surface area (Å²) in [6.07, 6.45) is -6.69. The molecular weight excluding hydrogens is 359 g/mol. The van der Waals surface area contributed by atoms with E-state index in [9.17, 15) is 18.0 Å². The van der Waals surface area contributed by atoms with E-state index in [-0.39, 0.29) is 16.8 Å². The first-order chi connectivity index (χ1) is 11.4. The van der Waals surface area contributed by atoms with Gasteiger partial charge in [0.15, 0.2) is 6.10 Å². The highest BCUT2D eigenvalue weighted by Gasteiger charge is 2.44. The molecule has 2 aromatic heterocycles. The Balaban J connectivity index is 2.56. The maximum Gasteiger partial charge on any atom is 0.419 e. The molecule has 1 amide bonds. The average molecular weight is 377 g/mol. The third kappa shape index (κ3) is 4.57. The Labute approximate surface area is 146 Å². The minimum atomic E-state index is -4.69. The number of fused-ring (bicyclic) bond motifs is 1. The quantitative estimate of drug-likeness (QED) is 0.846. The van der Waals surface area contributed by atoms with Crippen LogP contribution < -0.4 is 5.32 Å². The molecule has 0 aliphatic heterocycles. The summed E-state index contributed by atoms with van der Waals surface area (Å²) in [4.78, 5) is 20.5. The minimum Gasteiger partial charge on any atom is -0.444 e. The highest BCUT2D eigenvalue weighted by atomic mass is 32.1. The molecule has 0 saturated carbocycles. The fourth-order valence-corrected chi connectivity index (χ4v) is 2.97. The molecule has 2 aromatic rings. The molecule has 0 aliphatic rings. The van der Waals surface area contributed by atoms with Gasteiger partial charge in [-0.1, -0.05) is 11.3 Å². The maximum absolute atomic E-state index is 13.4. The molecule has 0 saturated heterocycles. The number of anilines is 1. The molecule has 1 N–H and O–H groups in total. The Bertz CT molecular complexity index is 784. The number of nitrogens with one attached hydrogen (secondary N) is 1. The molecule has 2 rings (SSSR count). The van der Waals surface area contributed by atoms with Crippen LogP contribution >= 0.6 is 11.3 Å². The number of carbonyl (C=O) groups is 1. The second-order valence-electron chi connectivity index (χ2n) is 6.26. The van der Waals surface area contributed by atoms with Gasteiger partial charge >= 0.3 is 12.3 Å². The number of pyridine rings is 1. The molecular formula is C15H18F3N3O3S. The summed E-state index contributed by atoms with van der Waals surface area (Å²) in [6, 6.07) is 0. The highest BCUT2D eigenvalue weighted by molar-refractivity contribution is 7.18. The SMILES string of the molecule is COC(c1c(NC(=O)OC(C)(C)C)cnc2sc(C)nc12)C(F)(F)F. The Morgan fingerprint density at radius 2 is 1.96 bits per heavy atom. The number of methoxy groups -OCH3 is 1. The zero-order valence-electron chi connectivity index (χ0n) is 14.3. The normalized spacial score (nSPS) is 13.8. The highest BCUT2D eigenvalue weighted by Crippen LogP contribution is 2.42. The smallest absolute Gasteiger partial charge is 0.419 e. The van der Waals surface area contributed by atoms with Gasteiger partial charge in [-0.3, -0.25) is 5.32 Å². The van der Waals surface area contributed by atoms with Crippen molar-refractivity contribution in [3.05, 3.63) is 16.8 Å². The van der Waals surface area contributed by atoms with Gasteiger partial charge in [0.2, 0.25) is 0 Å². The van der Waals surface area contributed by atoms with Crippen LogP contribution in [-0.4, -0.2) is 34.9 Å². The standard InChI is InChI=1S/C15H18F3N3O3S/c1-7-20-10-9(11(23-5)15(16,17)18)8(6-19-12(10)25-7)21-13(22)24-14(2,3)4/h6,11H,1-5H3,(H,21,22). The van der Waals surface area contributed by atoms with Crippen LogP contribution in [0.15, 0.2) is 6.20 Å². The number of alkyl halides is 3. The molecule has 0 bridgehead atoms. The van der Waals surface area contributed by atoms with E-state index in [0.717, 1.165) is 24.6 Å². The number of ether oxygens (including phenoxy) is 2. The molecule has 10 heteroatoms. The van der Waals surface area contributed by atoms with Crippen molar-refractivity contribution in [1.29, 1.82) is 0 Å². The van der Waals surface area contributed by atoms with Gasteiger partial charge < -0.3 is 9.47 Å². The van der Waals surface area contributed by atoms with Crippen LogP contribution in [0.5, 0.6) is 0 Å². The summed E-state index contributed by atoms with van der Waals surface area (Å²) in [6.45, 7) is 6.59. The number of nitrogens with zero attached hydrogens (tertiary/aromatic N) is 2. The lowest BCUT2D eigenvalue weighted by Crippen LogP contribution is -2.29. The van der Waals surface area contributed by atoms with Gasteiger partial charge in [0.25, 0.3) is 0 Å². The van der Waals surface area contributed by atoms with E-state index in [2.05, 4.69) is 20.0 Å². The van der Waals surface area contributed by atoms with Gasteiger partial charge in [-0.05, 0) is 27.7 Å². The zero-order valence-corrected chi connectivity index (χ0v) is 15.1. The molecule has 1 unspecified atom stereocenters. The predicted octanol–water partition coefficient (Wildman–Crippen LogP) is 4.60. The lowest BCUT2D eigenvalue weighted by atomic mass is 10.1. The van der Waals surface area contributed by atoms with E-state index in [0.29, 0.717) is 9.84 Å². The van der Waals surface area contributed by atoms with Crippen LogP contribution in [0.3, 0.4) is 0 Å². The van der Waals surface area contributed by atoms with E-state index in [1.54, 1.807) is 27.7 Å². The molecule has 0 aromatic carbocycles. The van der Waals surface area contributed by atoms with Gasteiger partial charge in [-0.2, -0.15) is 13.2 Å². The van der Waals surface area contributed by atoms with Gasteiger partial charge in [0.1, 0.15) is 15.9 Å². The Kier molecular flexibility index (Phi) is 5.24. The summed E-state index contributed by atoms with van der Waals surface area (Å²) in [7, 11) is 0.945. The first kappa shape index (κ1) is 19.4. The number of aryl methyl sites for hydroxylation is 1. The van der Waals surface area contributed by atoms with Crippen molar-refractivity contribution in [3.63, 3.8) is 0 Å². The van der Waals surface area contributed by atoms with E-state index >= 15 is 0 Å². The molecule has 25 heavy (non-hydrogen) atoms. The van der Waals surface area contributed by atoms with Gasteiger partial charge in [0.05, 0.1) is 16.9 Å². The fourth-order valence-electron chi connectivity index (χ4n) is 2.19. The zero-order chi connectivity index (χ0) is 19.0. The number of carbonyl (C=O) groups excluding carboxylic acids is 1. The molecule has 0 aliphatic carbocycles. The largest absolute Gasteiger partial charge is 0.444 e. The van der Waals surface area contributed by atoms with Gasteiger partial charge in [-0.15, -0.1) is 0 Å². The van der Waals surface area contributed by atoms with E-state index in [1.165, 1.54) is 0 Å². The first-order valence-corrected chi connectivity index (χ1v) is 8.09. The van der Waals surface area contributed by atoms with Gasteiger partial charge in [-0.25, -0.2) is 14.8 Å². The third-order valence-electron chi connectivity index (χ3n) is 3.00. The number of hydrogen-bond donors (Lipinski definition) is 1. The summed E-state index contributed by atoms with van der Waals surface area (Å²) in [5, 5.41) is 2.87. The molecule has 138 valence electrons. The van der Waals surface area contributed by atoms with Gasteiger partial charge in [0, 0.05) is 12.7 Å². The van der Waals surface area contributed by atoms with Crippen molar-refractivity contribution >= 4 is 33.5 Å². The molecule has 0 fully saturated rings. The number of rotatable bonds is 3. The minimum absolute atomic E-state index is 0.0419. The first-order valence-electron chi connectivity index (χ1n) is 7.28. The topological polar surface area (TPSA) is 73.3 Å². The average Bonchev–Trinajstić information content (AvgIpc) is 2.78. The predicted molar refractivity (Wildman–Crippen MR) is 87.8 cm³/mol. The van der Waals surface area contributed by atoms with E-state index in [4.69, 9.17) is 4.74 Å².